The molecule has 140 valence electrons. The molecule has 2 aromatic carbocycles. The number of nitrogens with zero attached hydrogens (tertiary/aromatic N) is 1. The number of methoxy groups -OCH3 is 1. The molecule has 27 heavy (non-hydrogen) atoms. The van der Waals surface area contributed by atoms with Crippen molar-refractivity contribution in [3.8, 4) is 11.5 Å². The molecule has 0 aliphatic carbocycles. The van der Waals surface area contributed by atoms with Gasteiger partial charge in [-0.15, -0.1) is 0 Å². The Morgan fingerprint density at radius 1 is 1.22 bits per heavy atom. The zero-order valence-electron chi connectivity index (χ0n) is 15.2. The van der Waals surface area contributed by atoms with E-state index in [9.17, 15) is 4.79 Å². The lowest BCUT2D eigenvalue weighted by Crippen LogP contribution is -2.47. The van der Waals surface area contributed by atoms with Crippen molar-refractivity contribution in [3.05, 3.63) is 60.3 Å². The Labute approximate surface area is 157 Å². The van der Waals surface area contributed by atoms with Crippen LogP contribution in [0.4, 0.5) is 0 Å². The third-order valence-electron chi connectivity index (χ3n) is 4.72. The van der Waals surface area contributed by atoms with Crippen molar-refractivity contribution in [2.45, 2.75) is 6.10 Å². The fraction of sp³-hybridized carbons (Fsp3) is 0.286. The van der Waals surface area contributed by atoms with E-state index in [4.69, 9.17) is 14.2 Å². The van der Waals surface area contributed by atoms with E-state index < -0.39 is 0 Å². The molecular formula is C21H22N2O4. The number of H-pyrrole nitrogens is 1. The first-order valence-electron chi connectivity index (χ1n) is 8.98. The summed E-state index contributed by atoms with van der Waals surface area (Å²) in [7, 11) is 1.61. The van der Waals surface area contributed by atoms with Crippen molar-refractivity contribution >= 4 is 16.8 Å². The Hall–Kier alpha value is -2.99. The van der Waals surface area contributed by atoms with Crippen LogP contribution < -0.4 is 9.47 Å². The third kappa shape index (κ3) is 3.75. The molecule has 3 aromatic rings. The molecule has 0 radical (unpaired) electrons. The minimum atomic E-state index is -0.179. The van der Waals surface area contributed by atoms with Crippen LogP contribution in [0.2, 0.25) is 0 Å². The standard InChI is InChI=1S/C21H22N2O4/c1-25-19-4-2-3-5-20(19)27-14-17-13-23(10-11-26-17)21(24)16-7-6-15-8-9-22-18(15)12-16/h2-9,12,17,22H,10-11,13-14H2,1H3. The number of carbonyl (C=O) groups excluding carboxylic acids is 1. The molecule has 1 N–H and O–H groups in total. The number of nitrogens with one attached hydrogen (secondary N) is 1. The van der Waals surface area contributed by atoms with Crippen molar-refractivity contribution in [2.24, 2.45) is 0 Å². The van der Waals surface area contributed by atoms with E-state index in [0.29, 0.717) is 43.4 Å². The van der Waals surface area contributed by atoms with Crippen LogP contribution in [0.1, 0.15) is 10.4 Å². The molecule has 0 saturated carbocycles. The molecule has 6 heteroatoms. The maximum absolute atomic E-state index is 12.9. The van der Waals surface area contributed by atoms with Crippen LogP contribution in [0.5, 0.6) is 11.5 Å². The maximum atomic E-state index is 12.9. The number of carbonyl (C=O) groups is 1. The zero-order chi connectivity index (χ0) is 18.6. The summed E-state index contributed by atoms with van der Waals surface area (Å²) >= 11 is 0. The van der Waals surface area contributed by atoms with Gasteiger partial charge in [0, 0.05) is 23.8 Å². The summed E-state index contributed by atoms with van der Waals surface area (Å²) in [6, 6.07) is 15.2. The first-order chi connectivity index (χ1) is 13.2. The predicted octanol–water partition coefficient (Wildman–Crippen LogP) is 3.10. The zero-order valence-corrected chi connectivity index (χ0v) is 15.2. The summed E-state index contributed by atoms with van der Waals surface area (Å²) in [4.78, 5) is 17.9. The summed E-state index contributed by atoms with van der Waals surface area (Å²) in [6.45, 7) is 1.93. The van der Waals surface area contributed by atoms with Crippen molar-refractivity contribution < 1.29 is 19.0 Å². The Morgan fingerprint density at radius 2 is 2.07 bits per heavy atom. The highest BCUT2D eigenvalue weighted by atomic mass is 16.5. The lowest BCUT2D eigenvalue weighted by Gasteiger charge is -2.33. The summed E-state index contributed by atoms with van der Waals surface area (Å²) < 4.78 is 16.9. The van der Waals surface area contributed by atoms with Crippen LogP contribution in [0.3, 0.4) is 0 Å². The van der Waals surface area contributed by atoms with Crippen molar-refractivity contribution in [1.82, 2.24) is 9.88 Å². The van der Waals surface area contributed by atoms with Crippen LogP contribution in [-0.4, -0.2) is 55.3 Å². The Kier molecular flexibility index (Phi) is 4.98. The first kappa shape index (κ1) is 17.4. The smallest absolute Gasteiger partial charge is 0.254 e. The number of ether oxygens (including phenoxy) is 3. The molecule has 1 aliphatic rings. The molecule has 1 aromatic heterocycles. The lowest BCUT2D eigenvalue weighted by atomic mass is 10.1. The van der Waals surface area contributed by atoms with Crippen molar-refractivity contribution in [2.75, 3.05) is 33.4 Å². The number of hydrogen-bond acceptors (Lipinski definition) is 4. The molecule has 1 saturated heterocycles. The molecule has 1 atom stereocenters. The maximum Gasteiger partial charge on any atom is 0.254 e. The van der Waals surface area contributed by atoms with Gasteiger partial charge in [0.1, 0.15) is 12.7 Å². The Bertz CT molecular complexity index is 937. The Morgan fingerprint density at radius 3 is 2.93 bits per heavy atom. The molecule has 1 unspecified atom stereocenters. The quantitative estimate of drug-likeness (QED) is 0.754. The number of amides is 1. The fourth-order valence-electron chi connectivity index (χ4n) is 3.29. The molecule has 4 rings (SSSR count). The second-order valence-corrected chi connectivity index (χ2v) is 6.49. The van der Waals surface area contributed by atoms with Gasteiger partial charge in [0.25, 0.3) is 5.91 Å². The number of rotatable bonds is 5. The van der Waals surface area contributed by atoms with E-state index >= 15 is 0 Å². The van der Waals surface area contributed by atoms with E-state index in [0.717, 1.165) is 10.9 Å². The molecule has 1 aliphatic heterocycles. The minimum Gasteiger partial charge on any atom is -0.493 e. The third-order valence-corrected chi connectivity index (χ3v) is 4.72. The summed E-state index contributed by atoms with van der Waals surface area (Å²) in [5.41, 5.74) is 1.64. The fourth-order valence-corrected chi connectivity index (χ4v) is 3.29. The monoisotopic (exact) mass is 366 g/mol. The summed E-state index contributed by atoms with van der Waals surface area (Å²) in [5, 5.41) is 1.09. The van der Waals surface area contributed by atoms with Gasteiger partial charge in [-0.2, -0.15) is 0 Å². The molecule has 6 nitrogen and oxygen atoms in total. The van der Waals surface area contributed by atoms with E-state index in [2.05, 4.69) is 4.98 Å². The Balaban J connectivity index is 1.40. The van der Waals surface area contributed by atoms with Crippen LogP contribution in [-0.2, 0) is 4.74 Å². The second-order valence-electron chi connectivity index (χ2n) is 6.49. The average Bonchev–Trinajstić information content (AvgIpc) is 3.20. The number of aromatic amines is 1. The van der Waals surface area contributed by atoms with Gasteiger partial charge in [0.15, 0.2) is 11.5 Å². The van der Waals surface area contributed by atoms with E-state index in [1.165, 1.54) is 0 Å². The molecular weight excluding hydrogens is 344 g/mol. The van der Waals surface area contributed by atoms with Gasteiger partial charge in [0.05, 0.1) is 20.3 Å². The van der Waals surface area contributed by atoms with Gasteiger partial charge < -0.3 is 24.1 Å². The highest BCUT2D eigenvalue weighted by molar-refractivity contribution is 5.98. The number of para-hydroxylation sites is 2. The highest BCUT2D eigenvalue weighted by Crippen LogP contribution is 2.26. The molecule has 1 amide bonds. The largest absolute Gasteiger partial charge is 0.493 e. The van der Waals surface area contributed by atoms with Crippen molar-refractivity contribution in [3.63, 3.8) is 0 Å². The van der Waals surface area contributed by atoms with Crippen LogP contribution in [0.15, 0.2) is 54.7 Å². The van der Waals surface area contributed by atoms with Gasteiger partial charge in [-0.3, -0.25) is 4.79 Å². The second kappa shape index (κ2) is 7.72. The van der Waals surface area contributed by atoms with Crippen LogP contribution in [0, 0.1) is 0 Å². The number of morpholine rings is 1. The molecule has 0 spiro atoms. The van der Waals surface area contributed by atoms with Crippen LogP contribution >= 0.6 is 0 Å². The van der Waals surface area contributed by atoms with E-state index in [1.807, 2.05) is 59.6 Å². The molecule has 1 fully saturated rings. The number of aromatic nitrogens is 1. The minimum absolute atomic E-state index is 0.0112. The molecule has 2 heterocycles. The number of hydrogen-bond donors (Lipinski definition) is 1. The summed E-state index contributed by atoms with van der Waals surface area (Å²) in [5.74, 6) is 1.36. The normalized spacial score (nSPS) is 17.1. The molecule has 0 bridgehead atoms. The average molecular weight is 366 g/mol. The SMILES string of the molecule is COc1ccccc1OCC1CN(C(=O)c2ccc3cc[nH]c3c2)CCO1. The first-order valence-corrected chi connectivity index (χ1v) is 8.98. The van der Waals surface area contributed by atoms with Gasteiger partial charge >= 0.3 is 0 Å². The number of fused-ring (bicyclic) bond motifs is 1. The summed E-state index contributed by atoms with van der Waals surface area (Å²) in [6.07, 6.45) is 1.70. The van der Waals surface area contributed by atoms with Gasteiger partial charge in [-0.05, 0) is 35.7 Å². The predicted molar refractivity (Wildman–Crippen MR) is 102 cm³/mol. The van der Waals surface area contributed by atoms with Gasteiger partial charge in [-0.1, -0.05) is 18.2 Å². The van der Waals surface area contributed by atoms with Crippen LogP contribution in [0.25, 0.3) is 10.9 Å². The van der Waals surface area contributed by atoms with E-state index in [-0.39, 0.29) is 12.0 Å². The lowest BCUT2D eigenvalue weighted by molar-refractivity contribution is -0.0403. The highest BCUT2D eigenvalue weighted by Gasteiger charge is 2.26. The van der Waals surface area contributed by atoms with E-state index in [1.54, 1.807) is 7.11 Å². The topological polar surface area (TPSA) is 63.8 Å². The van der Waals surface area contributed by atoms with Gasteiger partial charge in [-0.25, -0.2) is 0 Å². The van der Waals surface area contributed by atoms with Gasteiger partial charge in [0.2, 0.25) is 0 Å². The number of benzene rings is 2. The van der Waals surface area contributed by atoms with Crippen molar-refractivity contribution in [1.29, 1.82) is 0 Å².